The zero-order valence-corrected chi connectivity index (χ0v) is 14.0. The molecular weight excluding hydrogens is 278 g/mol. The van der Waals surface area contributed by atoms with E-state index < -0.39 is 6.10 Å². The fourth-order valence-electron chi connectivity index (χ4n) is 3.42. The molecule has 1 aliphatic rings. The number of likely N-dealkylation sites (tertiary alicyclic amines) is 1. The number of para-hydroxylation sites is 1. The predicted octanol–water partition coefficient (Wildman–Crippen LogP) is 2.55. The van der Waals surface area contributed by atoms with Gasteiger partial charge < -0.3 is 19.5 Å². The van der Waals surface area contributed by atoms with Gasteiger partial charge in [-0.15, -0.1) is 0 Å². The molecule has 1 N–H and O–H groups in total. The Hall–Kier alpha value is -1.10. The maximum atomic E-state index is 10.2. The summed E-state index contributed by atoms with van der Waals surface area (Å²) < 4.78 is 11.0. The second-order valence-electron chi connectivity index (χ2n) is 6.65. The lowest BCUT2D eigenvalue weighted by molar-refractivity contribution is -0.00128. The highest BCUT2D eigenvalue weighted by molar-refractivity contribution is 5.32. The minimum atomic E-state index is -0.438. The predicted molar refractivity (Wildman–Crippen MR) is 88.0 cm³/mol. The van der Waals surface area contributed by atoms with Crippen LogP contribution in [0.1, 0.15) is 25.8 Å². The molecule has 22 heavy (non-hydrogen) atoms. The van der Waals surface area contributed by atoms with E-state index in [0.717, 1.165) is 24.4 Å². The van der Waals surface area contributed by atoms with Crippen molar-refractivity contribution in [2.24, 2.45) is 11.8 Å². The summed E-state index contributed by atoms with van der Waals surface area (Å²) >= 11 is 0. The van der Waals surface area contributed by atoms with Crippen LogP contribution in [-0.2, 0) is 11.3 Å². The molecular formula is C18H29NO3. The summed E-state index contributed by atoms with van der Waals surface area (Å²) in [6, 6.07) is 7.81. The van der Waals surface area contributed by atoms with Gasteiger partial charge in [-0.1, -0.05) is 32.0 Å². The maximum absolute atomic E-state index is 10.2. The van der Waals surface area contributed by atoms with E-state index in [1.807, 2.05) is 24.3 Å². The molecule has 1 saturated heterocycles. The summed E-state index contributed by atoms with van der Waals surface area (Å²) in [5, 5.41) is 10.2. The number of nitrogens with zero attached hydrogens (tertiary/aromatic N) is 1. The second-order valence-corrected chi connectivity index (χ2v) is 6.65. The van der Waals surface area contributed by atoms with E-state index in [1.165, 1.54) is 6.42 Å². The molecule has 0 amide bonds. The molecule has 4 nitrogen and oxygen atoms in total. The van der Waals surface area contributed by atoms with E-state index in [2.05, 4.69) is 18.7 Å². The Balaban J connectivity index is 1.72. The van der Waals surface area contributed by atoms with Gasteiger partial charge >= 0.3 is 0 Å². The highest BCUT2D eigenvalue weighted by atomic mass is 16.5. The van der Waals surface area contributed by atoms with E-state index in [-0.39, 0.29) is 0 Å². The van der Waals surface area contributed by atoms with Gasteiger partial charge in [-0.2, -0.15) is 0 Å². The molecule has 1 aromatic carbocycles. The van der Waals surface area contributed by atoms with Gasteiger partial charge in [0.2, 0.25) is 0 Å². The summed E-state index contributed by atoms with van der Waals surface area (Å²) in [7, 11) is 1.66. The standard InChI is InChI=1S/C18H29NO3/c1-14-8-15(2)10-19(9-14)11-17(20)13-22-12-16-6-4-5-7-18(16)21-3/h4-7,14-15,17,20H,8-13H2,1-3H3. The van der Waals surface area contributed by atoms with Crippen LogP contribution in [0.3, 0.4) is 0 Å². The van der Waals surface area contributed by atoms with Crippen LogP contribution in [-0.4, -0.2) is 49.5 Å². The van der Waals surface area contributed by atoms with Gasteiger partial charge in [0, 0.05) is 25.2 Å². The van der Waals surface area contributed by atoms with Crippen LogP contribution in [0.2, 0.25) is 0 Å². The Morgan fingerprint density at radius 2 is 1.91 bits per heavy atom. The number of methoxy groups -OCH3 is 1. The summed E-state index contributed by atoms with van der Waals surface area (Å²) in [4.78, 5) is 2.36. The fourth-order valence-corrected chi connectivity index (χ4v) is 3.42. The van der Waals surface area contributed by atoms with Crippen LogP contribution in [0.5, 0.6) is 5.75 Å². The largest absolute Gasteiger partial charge is 0.496 e. The average molecular weight is 307 g/mol. The van der Waals surface area contributed by atoms with Gasteiger partial charge in [0.15, 0.2) is 0 Å². The number of hydrogen-bond acceptors (Lipinski definition) is 4. The Morgan fingerprint density at radius 3 is 2.59 bits per heavy atom. The van der Waals surface area contributed by atoms with E-state index in [1.54, 1.807) is 7.11 Å². The lowest BCUT2D eigenvalue weighted by atomic mass is 9.92. The number of piperidine rings is 1. The van der Waals surface area contributed by atoms with Crippen LogP contribution in [0.15, 0.2) is 24.3 Å². The van der Waals surface area contributed by atoms with Gasteiger partial charge in [0.05, 0.1) is 26.4 Å². The Kier molecular flexibility index (Phi) is 6.68. The fraction of sp³-hybridized carbons (Fsp3) is 0.667. The van der Waals surface area contributed by atoms with E-state index in [0.29, 0.717) is 31.6 Å². The lowest BCUT2D eigenvalue weighted by Crippen LogP contribution is -2.43. The third-order valence-corrected chi connectivity index (χ3v) is 4.17. The number of aliphatic hydroxyl groups is 1. The van der Waals surface area contributed by atoms with Gasteiger partial charge in [0.1, 0.15) is 5.75 Å². The first-order chi connectivity index (χ1) is 10.6. The number of rotatable bonds is 7. The second kappa shape index (κ2) is 8.51. The molecule has 0 radical (unpaired) electrons. The molecule has 1 heterocycles. The van der Waals surface area contributed by atoms with Crippen molar-refractivity contribution in [3.63, 3.8) is 0 Å². The molecule has 124 valence electrons. The number of ether oxygens (including phenoxy) is 2. The minimum absolute atomic E-state index is 0.358. The molecule has 1 aromatic rings. The van der Waals surface area contributed by atoms with Gasteiger partial charge in [-0.05, 0) is 24.3 Å². The zero-order chi connectivity index (χ0) is 15.9. The third-order valence-electron chi connectivity index (χ3n) is 4.17. The Bertz CT molecular complexity index is 442. The Labute approximate surface area is 134 Å². The van der Waals surface area contributed by atoms with Crippen molar-refractivity contribution in [1.29, 1.82) is 0 Å². The molecule has 0 spiro atoms. The summed E-state index contributed by atoms with van der Waals surface area (Å²) in [6.07, 6.45) is 0.851. The maximum Gasteiger partial charge on any atom is 0.124 e. The first kappa shape index (κ1) is 17.3. The number of β-amino-alcohol motifs (C(OH)–C–C–N with tert-alkyl or cyclic N) is 1. The number of benzene rings is 1. The van der Waals surface area contributed by atoms with Crippen molar-refractivity contribution in [3.05, 3.63) is 29.8 Å². The molecule has 3 atom stereocenters. The smallest absolute Gasteiger partial charge is 0.124 e. The quantitative estimate of drug-likeness (QED) is 0.840. The normalized spacial score (nSPS) is 24.2. The minimum Gasteiger partial charge on any atom is -0.496 e. The average Bonchev–Trinajstić information content (AvgIpc) is 2.46. The van der Waals surface area contributed by atoms with Crippen LogP contribution in [0, 0.1) is 11.8 Å². The van der Waals surface area contributed by atoms with E-state index >= 15 is 0 Å². The molecule has 4 heteroatoms. The van der Waals surface area contributed by atoms with Crippen LogP contribution >= 0.6 is 0 Å². The van der Waals surface area contributed by atoms with E-state index in [4.69, 9.17) is 9.47 Å². The molecule has 2 rings (SSSR count). The van der Waals surface area contributed by atoms with Crippen LogP contribution < -0.4 is 4.74 Å². The molecule has 3 unspecified atom stereocenters. The molecule has 0 aliphatic carbocycles. The topological polar surface area (TPSA) is 41.9 Å². The number of aliphatic hydroxyl groups excluding tert-OH is 1. The van der Waals surface area contributed by atoms with E-state index in [9.17, 15) is 5.11 Å². The van der Waals surface area contributed by atoms with Gasteiger partial charge in [0.25, 0.3) is 0 Å². The van der Waals surface area contributed by atoms with Crippen molar-refractivity contribution in [3.8, 4) is 5.75 Å². The highest BCUT2D eigenvalue weighted by Gasteiger charge is 2.23. The van der Waals surface area contributed by atoms with Gasteiger partial charge in [-0.3, -0.25) is 0 Å². The third kappa shape index (κ3) is 5.27. The molecule has 0 bridgehead atoms. The highest BCUT2D eigenvalue weighted by Crippen LogP contribution is 2.21. The SMILES string of the molecule is COc1ccccc1COCC(O)CN1CC(C)CC(C)C1. The zero-order valence-electron chi connectivity index (χ0n) is 14.0. The van der Waals surface area contributed by atoms with Crippen molar-refractivity contribution in [2.75, 3.05) is 33.4 Å². The summed E-state index contributed by atoms with van der Waals surface area (Å²) in [5.74, 6) is 2.26. The molecule has 0 aromatic heterocycles. The first-order valence-electron chi connectivity index (χ1n) is 8.18. The monoisotopic (exact) mass is 307 g/mol. The summed E-state index contributed by atoms with van der Waals surface area (Å²) in [5.41, 5.74) is 1.01. The number of hydrogen-bond donors (Lipinski definition) is 1. The van der Waals surface area contributed by atoms with Crippen molar-refractivity contribution >= 4 is 0 Å². The van der Waals surface area contributed by atoms with Gasteiger partial charge in [-0.25, -0.2) is 0 Å². The molecule has 1 aliphatic heterocycles. The molecule has 1 fully saturated rings. The molecule has 0 saturated carbocycles. The Morgan fingerprint density at radius 1 is 1.23 bits per heavy atom. The van der Waals surface area contributed by atoms with Crippen LogP contribution in [0.4, 0.5) is 0 Å². The summed E-state index contributed by atoms with van der Waals surface area (Å²) in [6.45, 7) is 8.24. The van der Waals surface area contributed by atoms with Crippen LogP contribution in [0.25, 0.3) is 0 Å². The van der Waals surface area contributed by atoms with Crippen molar-refractivity contribution < 1.29 is 14.6 Å². The van der Waals surface area contributed by atoms with Crippen molar-refractivity contribution in [2.45, 2.75) is 33.0 Å². The lowest BCUT2D eigenvalue weighted by Gasteiger charge is -2.35. The van der Waals surface area contributed by atoms with Crippen molar-refractivity contribution in [1.82, 2.24) is 4.90 Å². The first-order valence-corrected chi connectivity index (χ1v) is 8.18.